The van der Waals surface area contributed by atoms with Crippen LogP contribution in [-0.2, 0) is 11.2 Å². The third-order valence-electron chi connectivity index (χ3n) is 5.37. The second-order valence-corrected chi connectivity index (χ2v) is 8.87. The number of fused-ring (bicyclic) bond motifs is 1. The molecule has 3 aromatic carbocycles. The molecule has 5 heteroatoms. The maximum absolute atomic E-state index is 13.4. The van der Waals surface area contributed by atoms with Crippen molar-refractivity contribution in [3.63, 3.8) is 0 Å². The van der Waals surface area contributed by atoms with Gasteiger partial charge in [0, 0.05) is 11.3 Å². The number of rotatable bonds is 5. The topological polar surface area (TPSA) is 65.8 Å². The van der Waals surface area contributed by atoms with Crippen molar-refractivity contribution >= 4 is 28.7 Å². The van der Waals surface area contributed by atoms with E-state index in [-0.39, 0.29) is 17.2 Å². The largest absolute Gasteiger partial charge is 0.321 e. The number of carbonyl (C=O) groups excluding carboxylic acids is 1. The number of amides is 1. The molecule has 0 bridgehead atoms. The standard InChI is InChI=1S/C27H28N4O/c1-18-12-14-21(15-13-18)28-26(32)25(31-30-22-10-7-8-19(2)16-22)24-23-11-6-5-9-20(23)17-27(3,4)29-24/h5-16,30H,17H2,1-4H3,(H,28,32)/b31-25-. The summed E-state index contributed by atoms with van der Waals surface area (Å²) in [4.78, 5) is 18.4. The van der Waals surface area contributed by atoms with Crippen LogP contribution in [0.3, 0.4) is 0 Å². The summed E-state index contributed by atoms with van der Waals surface area (Å²) >= 11 is 0. The minimum atomic E-state index is -0.335. The van der Waals surface area contributed by atoms with Gasteiger partial charge in [0.05, 0.1) is 16.9 Å². The fraction of sp³-hybridized carbons (Fsp3) is 0.222. The highest BCUT2D eigenvalue weighted by molar-refractivity contribution is 6.72. The van der Waals surface area contributed by atoms with Crippen LogP contribution in [0.5, 0.6) is 0 Å². The molecule has 3 aromatic rings. The summed E-state index contributed by atoms with van der Waals surface area (Å²) in [5.74, 6) is -0.305. The smallest absolute Gasteiger partial charge is 0.278 e. The quantitative estimate of drug-likeness (QED) is 0.417. The molecule has 32 heavy (non-hydrogen) atoms. The van der Waals surface area contributed by atoms with Crippen molar-refractivity contribution in [2.45, 2.75) is 39.7 Å². The van der Waals surface area contributed by atoms with Crippen LogP contribution in [0.4, 0.5) is 11.4 Å². The molecule has 5 nitrogen and oxygen atoms in total. The van der Waals surface area contributed by atoms with E-state index in [9.17, 15) is 4.79 Å². The van der Waals surface area contributed by atoms with E-state index in [0.29, 0.717) is 11.4 Å². The van der Waals surface area contributed by atoms with E-state index < -0.39 is 0 Å². The van der Waals surface area contributed by atoms with Gasteiger partial charge < -0.3 is 5.32 Å². The Kier molecular flexibility index (Phi) is 5.91. The Hall–Kier alpha value is -3.73. The van der Waals surface area contributed by atoms with Gasteiger partial charge in [0.2, 0.25) is 0 Å². The number of aryl methyl sites for hydroxylation is 2. The number of aliphatic imine (C=N–C) groups is 1. The number of hydrogen-bond acceptors (Lipinski definition) is 4. The van der Waals surface area contributed by atoms with Gasteiger partial charge in [-0.2, -0.15) is 5.10 Å². The van der Waals surface area contributed by atoms with E-state index in [2.05, 4.69) is 35.8 Å². The lowest BCUT2D eigenvalue weighted by Crippen LogP contribution is -2.38. The molecule has 0 aliphatic carbocycles. The van der Waals surface area contributed by atoms with Crippen molar-refractivity contribution in [3.8, 4) is 0 Å². The van der Waals surface area contributed by atoms with Crippen molar-refractivity contribution in [2.24, 2.45) is 10.1 Å². The molecule has 0 atom stereocenters. The van der Waals surface area contributed by atoms with Gasteiger partial charge in [0.1, 0.15) is 0 Å². The Morgan fingerprint density at radius 3 is 2.41 bits per heavy atom. The lowest BCUT2D eigenvalue weighted by atomic mass is 9.85. The van der Waals surface area contributed by atoms with Crippen molar-refractivity contribution in [3.05, 3.63) is 95.1 Å². The van der Waals surface area contributed by atoms with E-state index >= 15 is 0 Å². The summed E-state index contributed by atoms with van der Waals surface area (Å²) in [5.41, 5.74) is 9.45. The molecule has 0 radical (unpaired) electrons. The zero-order valence-electron chi connectivity index (χ0n) is 18.9. The average Bonchev–Trinajstić information content (AvgIpc) is 2.75. The Morgan fingerprint density at radius 2 is 1.66 bits per heavy atom. The zero-order valence-corrected chi connectivity index (χ0v) is 18.9. The fourth-order valence-corrected chi connectivity index (χ4v) is 3.83. The van der Waals surface area contributed by atoms with E-state index in [1.165, 1.54) is 0 Å². The number of nitrogens with zero attached hydrogens (tertiary/aromatic N) is 2. The van der Waals surface area contributed by atoms with Gasteiger partial charge in [-0.1, -0.05) is 54.1 Å². The zero-order chi connectivity index (χ0) is 22.7. The summed E-state index contributed by atoms with van der Waals surface area (Å²) in [6.07, 6.45) is 0.810. The number of hydrazone groups is 1. The molecular weight excluding hydrogens is 396 g/mol. The molecule has 1 aliphatic rings. The van der Waals surface area contributed by atoms with E-state index in [0.717, 1.165) is 34.4 Å². The number of carbonyl (C=O) groups is 1. The maximum atomic E-state index is 13.4. The van der Waals surface area contributed by atoms with E-state index in [1.807, 2.05) is 80.6 Å². The van der Waals surface area contributed by atoms with Crippen LogP contribution in [-0.4, -0.2) is 22.9 Å². The third kappa shape index (κ3) is 4.94. The summed E-state index contributed by atoms with van der Waals surface area (Å²) in [5, 5.41) is 7.54. The Bertz CT molecular complexity index is 1210. The fourth-order valence-electron chi connectivity index (χ4n) is 3.83. The second kappa shape index (κ2) is 8.79. The average molecular weight is 425 g/mol. The minimum absolute atomic E-state index is 0.257. The van der Waals surface area contributed by atoms with Gasteiger partial charge in [-0.15, -0.1) is 0 Å². The van der Waals surface area contributed by atoms with Crippen LogP contribution in [0, 0.1) is 13.8 Å². The molecule has 2 N–H and O–H groups in total. The normalized spacial score (nSPS) is 14.9. The highest BCUT2D eigenvalue weighted by atomic mass is 16.2. The number of anilines is 2. The first-order chi connectivity index (χ1) is 15.3. The molecule has 1 heterocycles. The van der Waals surface area contributed by atoms with Crippen LogP contribution in [0.2, 0.25) is 0 Å². The minimum Gasteiger partial charge on any atom is -0.321 e. The Balaban J connectivity index is 1.76. The van der Waals surface area contributed by atoms with Crippen LogP contribution < -0.4 is 10.7 Å². The lowest BCUT2D eigenvalue weighted by Gasteiger charge is -2.29. The molecule has 0 saturated heterocycles. The molecule has 0 spiro atoms. The highest BCUT2D eigenvalue weighted by Gasteiger charge is 2.31. The van der Waals surface area contributed by atoms with Crippen molar-refractivity contribution in [1.82, 2.24) is 0 Å². The molecule has 0 saturated carbocycles. The van der Waals surface area contributed by atoms with Gasteiger partial charge in [0.15, 0.2) is 5.71 Å². The molecule has 1 aliphatic heterocycles. The summed E-state index contributed by atoms with van der Waals surface area (Å²) in [7, 11) is 0. The first kappa shape index (κ1) is 21.5. The molecule has 0 unspecified atom stereocenters. The Labute approximate surface area is 189 Å². The Morgan fingerprint density at radius 1 is 0.906 bits per heavy atom. The van der Waals surface area contributed by atoms with Crippen LogP contribution in [0.25, 0.3) is 0 Å². The van der Waals surface area contributed by atoms with Crippen LogP contribution in [0.15, 0.2) is 82.9 Å². The summed E-state index contributed by atoms with van der Waals surface area (Å²) in [6, 6.07) is 23.7. The summed E-state index contributed by atoms with van der Waals surface area (Å²) in [6.45, 7) is 8.18. The van der Waals surface area contributed by atoms with Gasteiger partial charge in [0.25, 0.3) is 5.91 Å². The first-order valence-electron chi connectivity index (χ1n) is 10.8. The number of benzene rings is 3. The number of nitrogens with one attached hydrogen (secondary N) is 2. The van der Waals surface area contributed by atoms with Gasteiger partial charge in [-0.25, -0.2) is 0 Å². The van der Waals surface area contributed by atoms with E-state index in [1.54, 1.807) is 0 Å². The van der Waals surface area contributed by atoms with Crippen molar-refractivity contribution in [1.29, 1.82) is 0 Å². The van der Waals surface area contributed by atoms with Crippen molar-refractivity contribution < 1.29 is 4.79 Å². The molecule has 1 amide bonds. The predicted octanol–water partition coefficient (Wildman–Crippen LogP) is 5.53. The third-order valence-corrected chi connectivity index (χ3v) is 5.37. The SMILES string of the molecule is Cc1ccc(NC(=O)/C(=N\Nc2cccc(C)c2)C2=NC(C)(C)Cc3ccccc32)cc1. The second-order valence-electron chi connectivity index (χ2n) is 8.87. The van der Waals surface area contributed by atoms with Crippen LogP contribution >= 0.6 is 0 Å². The molecule has 0 aromatic heterocycles. The lowest BCUT2D eigenvalue weighted by molar-refractivity contribution is -0.110. The maximum Gasteiger partial charge on any atom is 0.278 e. The van der Waals surface area contributed by atoms with Gasteiger partial charge in [-0.05, 0) is 69.5 Å². The van der Waals surface area contributed by atoms with Gasteiger partial charge in [-0.3, -0.25) is 15.2 Å². The number of hydrogen-bond donors (Lipinski definition) is 2. The first-order valence-corrected chi connectivity index (χ1v) is 10.8. The highest BCUT2D eigenvalue weighted by Crippen LogP contribution is 2.27. The monoisotopic (exact) mass is 424 g/mol. The predicted molar refractivity (Wildman–Crippen MR) is 133 cm³/mol. The van der Waals surface area contributed by atoms with Crippen molar-refractivity contribution in [2.75, 3.05) is 10.7 Å². The molecule has 162 valence electrons. The van der Waals surface area contributed by atoms with E-state index in [4.69, 9.17) is 4.99 Å². The molecular formula is C27H28N4O. The van der Waals surface area contributed by atoms with Crippen LogP contribution in [0.1, 0.15) is 36.1 Å². The van der Waals surface area contributed by atoms with Gasteiger partial charge >= 0.3 is 0 Å². The summed E-state index contributed by atoms with van der Waals surface area (Å²) < 4.78 is 0. The molecule has 0 fully saturated rings. The molecule has 4 rings (SSSR count).